The molecule has 1 rings (SSSR count). The van der Waals surface area contributed by atoms with Gasteiger partial charge in [-0.05, 0) is 31.7 Å². The number of rotatable bonds is 4. The molecule has 0 bridgehead atoms. The van der Waals surface area contributed by atoms with Crippen LogP contribution < -0.4 is 11.1 Å². The second kappa shape index (κ2) is 7.00. The van der Waals surface area contributed by atoms with Gasteiger partial charge in [0.15, 0.2) is 0 Å². The summed E-state index contributed by atoms with van der Waals surface area (Å²) in [7, 11) is 0. The highest BCUT2D eigenvalue weighted by atomic mass is 35.5. The van der Waals surface area contributed by atoms with Crippen LogP contribution in [0.2, 0.25) is 0 Å². The van der Waals surface area contributed by atoms with Crippen LogP contribution in [0.1, 0.15) is 19.3 Å². The Labute approximate surface area is 95.4 Å². The summed E-state index contributed by atoms with van der Waals surface area (Å²) in [6.07, 6.45) is 1.51. The topological polar surface area (TPSA) is 95.6 Å². The van der Waals surface area contributed by atoms with Crippen LogP contribution in [0.15, 0.2) is 0 Å². The van der Waals surface area contributed by atoms with Crippen molar-refractivity contribution in [1.29, 1.82) is 0 Å². The van der Waals surface area contributed by atoms with Gasteiger partial charge in [0.1, 0.15) is 6.04 Å². The van der Waals surface area contributed by atoms with Crippen molar-refractivity contribution in [3.05, 3.63) is 0 Å². The van der Waals surface area contributed by atoms with Crippen LogP contribution in [-0.2, 0) is 4.79 Å². The Morgan fingerprint density at radius 1 is 1.60 bits per heavy atom. The number of aliphatic hydroxyl groups is 1. The van der Waals surface area contributed by atoms with E-state index in [9.17, 15) is 9.90 Å². The molecule has 6 heteroatoms. The second-order valence-corrected chi connectivity index (χ2v) is 3.85. The van der Waals surface area contributed by atoms with E-state index in [1.54, 1.807) is 0 Å². The number of carboxylic acid groups (broad SMARTS) is 1. The number of piperidine rings is 1. The Morgan fingerprint density at radius 3 is 2.73 bits per heavy atom. The summed E-state index contributed by atoms with van der Waals surface area (Å²) in [5.41, 5.74) is 5.34. The number of aliphatic hydroxyl groups excluding tert-OH is 1. The molecular formula is C9H19ClN2O3. The number of carboxylic acids is 1. The molecule has 0 amide bonds. The average molecular weight is 239 g/mol. The first kappa shape index (κ1) is 14.6. The quantitative estimate of drug-likeness (QED) is 0.533. The third-order valence-electron chi connectivity index (χ3n) is 2.69. The second-order valence-electron chi connectivity index (χ2n) is 3.85. The van der Waals surface area contributed by atoms with E-state index in [-0.39, 0.29) is 24.7 Å². The zero-order valence-corrected chi connectivity index (χ0v) is 9.37. The van der Waals surface area contributed by atoms with E-state index < -0.39 is 18.1 Å². The summed E-state index contributed by atoms with van der Waals surface area (Å²) in [6, 6.07) is -0.952. The van der Waals surface area contributed by atoms with Gasteiger partial charge in [-0.3, -0.25) is 4.79 Å². The highest BCUT2D eigenvalue weighted by Gasteiger charge is 2.25. The predicted octanol–water partition coefficient (Wildman–Crippen LogP) is -0.429. The molecule has 1 saturated heterocycles. The zero-order valence-electron chi connectivity index (χ0n) is 8.56. The molecule has 15 heavy (non-hydrogen) atoms. The van der Waals surface area contributed by atoms with Crippen LogP contribution in [0.25, 0.3) is 0 Å². The Balaban J connectivity index is 0.00000196. The summed E-state index contributed by atoms with van der Waals surface area (Å²) in [5.74, 6) is -0.901. The lowest BCUT2D eigenvalue weighted by molar-refractivity contribution is -0.139. The molecule has 0 aromatic heterocycles. The summed E-state index contributed by atoms with van der Waals surface area (Å²) in [5, 5.41) is 21.5. The van der Waals surface area contributed by atoms with Crippen molar-refractivity contribution in [1.82, 2.24) is 5.32 Å². The molecular weight excluding hydrogens is 220 g/mol. The zero-order chi connectivity index (χ0) is 10.6. The molecule has 3 unspecified atom stereocenters. The molecule has 0 spiro atoms. The number of aliphatic carboxylic acids is 1. The van der Waals surface area contributed by atoms with Crippen LogP contribution in [-0.4, -0.2) is 41.4 Å². The normalized spacial score (nSPS) is 25.1. The fraction of sp³-hybridized carbons (Fsp3) is 0.889. The summed E-state index contributed by atoms with van der Waals surface area (Å²) < 4.78 is 0. The van der Waals surface area contributed by atoms with Crippen molar-refractivity contribution in [3.63, 3.8) is 0 Å². The molecule has 0 saturated carbocycles. The molecule has 0 aromatic carbocycles. The molecule has 0 aromatic rings. The lowest BCUT2D eigenvalue weighted by atomic mass is 9.90. The van der Waals surface area contributed by atoms with E-state index in [1.165, 1.54) is 0 Å². The summed E-state index contributed by atoms with van der Waals surface area (Å²) in [4.78, 5) is 10.5. The van der Waals surface area contributed by atoms with Crippen LogP contribution in [0.3, 0.4) is 0 Å². The lowest BCUT2D eigenvalue weighted by Gasteiger charge is -2.28. The van der Waals surface area contributed by atoms with Crippen molar-refractivity contribution < 1.29 is 15.0 Å². The first-order chi connectivity index (χ1) is 6.61. The van der Waals surface area contributed by atoms with Gasteiger partial charge < -0.3 is 21.3 Å². The van der Waals surface area contributed by atoms with Crippen molar-refractivity contribution in [2.75, 3.05) is 13.1 Å². The molecule has 1 heterocycles. The molecule has 3 atom stereocenters. The van der Waals surface area contributed by atoms with E-state index in [4.69, 9.17) is 10.8 Å². The molecule has 1 aliphatic heterocycles. The molecule has 1 fully saturated rings. The third-order valence-corrected chi connectivity index (χ3v) is 2.69. The lowest BCUT2D eigenvalue weighted by Crippen LogP contribution is -2.41. The minimum atomic E-state index is -1.05. The van der Waals surface area contributed by atoms with Gasteiger partial charge in [0.2, 0.25) is 0 Å². The SMILES string of the molecule is Cl.NC(CC(O)C1CCCNC1)C(=O)O. The maximum absolute atomic E-state index is 10.5. The number of nitrogens with one attached hydrogen (secondary N) is 1. The number of hydrogen-bond acceptors (Lipinski definition) is 4. The predicted molar refractivity (Wildman–Crippen MR) is 59.1 cm³/mol. The summed E-state index contributed by atoms with van der Waals surface area (Å²) >= 11 is 0. The highest BCUT2D eigenvalue weighted by molar-refractivity contribution is 5.85. The molecule has 0 radical (unpaired) electrons. The van der Waals surface area contributed by atoms with Crippen molar-refractivity contribution in [2.45, 2.75) is 31.4 Å². The Bertz CT molecular complexity index is 198. The molecule has 1 aliphatic rings. The van der Waals surface area contributed by atoms with Gasteiger partial charge in [0, 0.05) is 6.54 Å². The minimum Gasteiger partial charge on any atom is -0.480 e. The van der Waals surface area contributed by atoms with Crippen molar-refractivity contribution in [2.24, 2.45) is 11.7 Å². The highest BCUT2D eigenvalue weighted by Crippen LogP contribution is 2.17. The van der Waals surface area contributed by atoms with Crippen LogP contribution >= 0.6 is 12.4 Å². The standard InChI is InChI=1S/C9H18N2O3.ClH/c10-7(9(13)14)4-8(12)6-2-1-3-11-5-6;/h6-8,11-12H,1-5,10H2,(H,13,14);1H. The van der Waals surface area contributed by atoms with Gasteiger partial charge >= 0.3 is 5.97 Å². The van der Waals surface area contributed by atoms with Gasteiger partial charge in [-0.25, -0.2) is 0 Å². The number of halogens is 1. The van der Waals surface area contributed by atoms with E-state index in [2.05, 4.69) is 5.32 Å². The van der Waals surface area contributed by atoms with Crippen LogP contribution in [0.4, 0.5) is 0 Å². The van der Waals surface area contributed by atoms with E-state index in [1.807, 2.05) is 0 Å². The Kier molecular flexibility index (Phi) is 6.84. The van der Waals surface area contributed by atoms with Crippen molar-refractivity contribution >= 4 is 18.4 Å². The maximum atomic E-state index is 10.5. The molecule has 5 N–H and O–H groups in total. The van der Waals surface area contributed by atoms with E-state index >= 15 is 0 Å². The fourth-order valence-electron chi connectivity index (χ4n) is 1.76. The Morgan fingerprint density at radius 2 is 2.27 bits per heavy atom. The number of carbonyl (C=O) groups is 1. The van der Waals surface area contributed by atoms with Gasteiger partial charge in [-0.1, -0.05) is 0 Å². The van der Waals surface area contributed by atoms with Crippen LogP contribution in [0.5, 0.6) is 0 Å². The molecule has 90 valence electrons. The Hall–Kier alpha value is -0.360. The van der Waals surface area contributed by atoms with Crippen LogP contribution in [0, 0.1) is 5.92 Å². The largest absolute Gasteiger partial charge is 0.480 e. The van der Waals surface area contributed by atoms with Gasteiger partial charge in [0.05, 0.1) is 6.10 Å². The van der Waals surface area contributed by atoms with Gasteiger partial charge in [-0.2, -0.15) is 0 Å². The van der Waals surface area contributed by atoms with Crippen molar-refractivity contribution in [3.8, 4) is 0 Å². The van der Waals surface area contributed by atoms with E-state index in [0.29, 0.717) is 0 Å². The fourth-order valence-corrected chi connectivity index (χ4v) is 1.76. The first-order valence-electron chi connectivity index (χ1n) is 4.98. The van der Waals surface area contributed by atoms with Gasteiger partial charge in [0.25, 0.3) is 0 Å². The number of hydrogen-bond donors (Lipinski definition) is 4. The summed E-state index contributed by atoms with van der Waals surface area (Å²) in [6.45, 7) is 1.74. The van der Waals surface area contributed by atoms with E-state index in [0.717, 1.165) is 25.9 Å². The number of nitrogens with two attached hydrogens (primary N) is 1. The molecule has 0 aliphatic carbocycles. The smallest absolute Gasteiger partial charge is 0.320 e. The van der Waals surface area contributed by atoms with Gasteiger partial charge in [-0.15, -0.1) is 12.4 Å². The maximum Gasteiger partial charge on any atom is 0.320 e. The first-order valence-corrected chi connectivity index (χ1v) is 4.98. The monoisotopic (exact) mass is 238 g/mol. The average Bonchev–Trinajstić information content (AvgIpc) is 2.19. The minimum absolute atomic E-state index is 0. The molecule has 5 nitrogen and oxygen atoms in total. The third kappa shape index (κ3) is 4.79.